The first-order chi connectivity index (χ1) is 12.6. The summed E-state index contributed by atoms with van der Waals surface area (Å²) in [5.74, 6) is -1.14. The van der Waals surface area contributed by atoms with Gasteiger partial charge in [0.25, 0.3) is 5.91 Å². The van der Waals surface area contributed by atoms with E-state index < -0.39 is 5.97 Å². The fourth-order valence-electron chi connectivity index (χ4n) is 2.46. The van der Waals surface area contributed by atoms with E-state index in [4.69, 9.17) is 5.11 Å². The molecule has 1 heterocycles. The van der Waals surface area contributed by atoms with Crippen LogP contribution >= 0.6 is 11.8 Å². The number of aromatic amines is 1. The highest BCUT2D eigenvalue weighted by molar-refractivity contribution is 7.99. The molecule has 1 amide bonds. The molecule has 0 aliphatic carbocycles. The van der Waals surface area contributed by atoms with E-state index in [9.17, 15) is 9.59 Å². The third-order valence-electron chi connectivity index (χ3n) is 3.74. The van der Waals surface area contributed by atoms with Crippen LogP contribution in [0, 0.1) is 0 Å². The second-order valence-corrected chi connectivity index (χ2v) is 6.44. The fraction of sp³-hybridized carbons (Fsp3) is 0.111. The molecule has 132 valence electrons. The minimum absolute atomic E-state index is 0.130. The van der Waals surface area contributed by atoms with Gasteiger partial charge in [-0.3, -0.25) is 4.79 Å². The van der Waals surface area contributed by atoms with Gasteiger partial charge in [-0.15, -0.1) is 0 Å². The van der Waals surface area contributed by atoms with Crippen molar-refractivity contribution < 1.29 is 19.3 Å². The average molecular weight is 369 g/mol. The molecule has 0 aliphatic heterocycles. The Morgan fingerprint density at radius 3 is 2.73 bits per heavy atom. The first-order valence-electron chi connectivity index (χ1n) is 7.80. The van der Waals surface area contributed by atoms with Crippen LogP contribution in [0.4, 0.5) is 0 Å². The number of carboxylic acids is 1. The number of rotatable bonds is 6. The second kappa shape index (κ2) is 7.83. The molecule has 3 rings (SSSR count). The number of hydrogen-bond donors (Lipinski definition) is 3. The predicted octanol–water partition coefficient (Wildman–Crippen LogP) is 1.93. The summed E-state index contributed by atoms with van der Waals surface area (Å²) in [6.07, 6.45) is 1.33. The molecule has 0 spiro atoms. The lowest BCUT2D eigenvalue weighted by molar-refractivity contribution is -0.683. The van der Waals surface area contributed by atoms with Crippen LogP contribution in [-0.2, 0) is 11.8 Å². The Labute approximate surface area is 153 Å². The Kier molecular flexibility index (Phi) is 5.33. The van der Waals surface area contributed by atoms with Gasteiger partial charge in [0.15, 0.2) is 11.0 Å². The maximum absolute atomic E-state index is 12.0. The standard InChI is InChI=1S/C18H16N4O3S/c1-22-15-9-5-4-8-14(15)20-18(22)26-11-16(23)21-19-10-12-6-2-3-7-13(12)17(24)25/h2-10H,11H2,1H3,(H2,21,23,24,25)/p+1. The lowest BCUT2D eigenvalue weighted by Crippen LogP contribution is -2.30. The molecule has 0 radical (unpaired) electrons. The number of carbonyl (C=O) groups is 2. The van der Waals surface area contributed by atoms with Gasteiger partial charge in [-0.2, -0.15) is 5.10 Å². The predicted molar refractivity (Wildman–Crippen MR) is 99.3 cm³/mol. The van der Waals surface area contributed by atoms with Gasteiger partial charge in [-0.05, 0) is 30.0 Å². The summed E-state index contributed by atoms with van der Waals surface area (Å²) in [5.41, 5.74) is 5.03. The van der Waals surface area contributed by atoms with Crippen LogP contribution in [0.2, 0.25) is 0 Å². The first kappa shape index (κ1) is 17.7. The van der Waals surface area contributed by atoms with Gasteiger partial charge in [-0.25, -0.2) is 19.8 Å². The van der Waals surface area contributed by atoms with Crippen molar-refractivity contribution in [1.29, 1.82) is 0 Å². The molecule has 3 aromatic rings. The molecule has 26 heavy (non-hydrogen) atoms. The van der Waals surface area contributed by atoms with Gasteiger partial charge < -0.3 is 5.11 Å². The molecule has 0 saturated carbocycles. The Morgan fingerprint density at radius 1 is 1.23 bits per heavy atom. The molecule has 0 fully saturated rings. The van der Waals surface area contributed by atoms with E-state index >= 15 is 0 Å². The van der Waals surface area contributed by atoms with Gasteiger partial charge in [0.1, 0.15) is 0 Å². The van der Waals surface area contributed by atoms with Crippen molar-refractivity contribution >= 4 is 40.9 Å². The molecule has 0 aliphatic rings. The molecule has 3 N–H and O–H groups in total. The van der Waals surface area contributed by atoms with Crippen LogP contribution in [0.25, 0.3) is 11.0 Å². The summed E-state index contributed by atoms with van der Waals surface area (Å²) in [6.45, 7) is 0. The maximum atomic E-state index is 12.0. The zero-order valence-corrected chi connectivity index (χ0v) is 14.8. The number of H-pyrrole nitrogens is 1. The molecule has 0 unspecified atom stereocenters. The van der Waals surface area contributed by atoms with E-state index in [1.54, 1.807) is 18.2 Å². The summed E-state index contributed by atoms with van der Waals surface area (Å²) in [5, 5.41) is 13.8. The summed E-state index contributed by atoms with van der Waals surface area (Å²) in [6, 6.07) is 14.3. The quantitative estimate of drug-likeness (QED) is 0.268. The van der Waals surface area contributed by atoms with E-state index in [0.29, 0.717) is 5.56 Å². The number of carbonyl (C=O) groups excluding carboxylic acids is 1. The summed E-state index contributed by atoms with van der Waals surface area (Å²) < 4.78 is 1.99. The number of para-hydroxylation sites is 2. The van der Waals surface area contributed by atoms with Crippen molar-refractivity contribution in [2.24, 2.45) is 12.1 Å². The van der Waals surface area contributed by atoms with Crippen molar-refractivity contribution in [2.45, 2.75) is 5.16 Å². The SMILES string of the molecule is C[n+]1c(SCC(=O)NN=Cc2ccccc2C(=O)O)[nH]c2ccccc21. The van der Waals surface area contributed by atoms with Gasteiger partial charge in [0, 0.05) is 5.56 Å². The van der Waals surface area contributed by atoms with Crippen LogP contribution < -0.4 is 9.99 Å². The third-order valence-corrected chi connectivity index (χ3v) is 4.79. The lowest BCUT2D eigenvalue weighted by Gasteiger charge is -2.00. The highest BCUT2D eigenvalue weighted by Crippen LogP contribution is 2.16. The largest absolute Gasteiger partial charge is 0.478 e. The summed E-state index contributed by atoms with van der Waals surface area (Å²) in [4.78, 5) is 26.4. The number of aromatic nitrogens is 2. The van der Waals surface area contributed by atoms with E-state index in [2.05, 4.69) is 15.5 Å². The van der Waals surface area contributed by atoms with Crippen LogP contribution in [0.1, 0.15) is 15.9 Å². The molecule has 7 nitrogen and oxygen atoms in total. The monoisotopic (exact) mass is 369 g/mol. The number of amides is 1. The number of thioether (sulfide) groups is 1. The third kappa shape index (κ3) is 3.92. The molecular formula is C18H17N4O3S+. The van der Waals surface area contributed by atoms with Gasteiger partial charge in [-0.1, -0.05) is 30.3 Å². The highest BCUT2D eigenvalue weighted by Gasteiger charge is 2.16. The van der Waals surface area contributed by atoms with Gasteiger partial charge in [0.2, 0.25) is 0 Å². The molecule has 0 saturated heterocycles. The minimum Gasteiger partial charge on any atom is -0.478 e. The Bertz CT molecular complexity index is 997. The molecule has 0 bridgehead atoms. The molecule has 2 aromatic carbocycles. The molecule has 0 atom stereocenters. The number of fused-ring (bicyclic) bond motifs is 1. The van der Waals surface area contributed by atoms with Crippen molar-refractivity contribution in [1.82, 2.24) is 10.4 Å². The van der Waals surface area contributed by atoms with Crippen LogP contribution in [0.3, 0.4) is 0 Å². The molecule has 8 heteroatoms. The maximum Gasteiger partial charge on any atom is 0.336 e. The van der Waals surface area contributed by atoms with Crippen LogP contribution in [-0.4, -0.2) is 33.9 Å². The Balaban J connectivity index is 1.59. The fourth-order valence-corrected chi connectivity index (χ4v) is 3.26. The smallest absolute Gasteiger partial charge is 0.336 e. The number of aryl methyl sites for hydroxylation is 1. The minimum atomic E-state index is -1.04. The van der Waals surface area contributed by atoms with Gasteiger partial charge >= 0.3 is 11.1 Å². The zero-order chi connectivity index (χ0) is 18.5. The number of nitrogens with one attached hydrogen (secondary N) is 2. The first-order valence-corrected chi connectivity index (χ1v) is 8.78. The number of carboxylic acid groups (broad SMARTS) is 1. The van der Waals surface area contributed by atoms with Crippen LogP contribution in [0.15, 0.2) is 58.8 Å². The average Bonchev–Trinajstić information content (AvgIpc) is 2.96. The molecular weight excluding hydrogens is 352 g/mol. The van der Waals surface area contributed by atoms with Crippen molar-refractivity contribution in [3.63, 3.8) is 0 Å². The number of nitrogens with zero attached hydrogens (tertiary/aromatic N) is 2. The summed E-state index contributed by atoms with van der Waals surface area (Å²) in [7, 11) is 1.93. The van der Waals surface area contributed by atoms with E-state index in [1.807, 2.05) is 35.9 Å². The van der Waals surface area contributed by atoms with Crippen molar-refractivity contribution in [3.05, 3.63) is 59.7 Å². The van der Waals surface area contributed by atoms with Gasteiger partial charge in [0.05, 0.1) is 24.6 Å². The highest BCUT2D eigenvalue weighted by atomic mass is 32.2. The topological polar surface area (TPSA) is 98.4 Å². The number of imidazole rings is 1. The van der Waals surface area contributed by atoms with E-state index in [-0.39, 0.29) is 17.2 Å². The van der Waals surface area contributed by atoms with E-state index in [1.165, 1.54) is 24.0 Å². The van der Waals surface area contributed by atoms with Crippen molar-refractivity contribution in [2.75, 3.05) is 5.75 Å². The normalized spacial score (nSPS) is 11.1. The number of hydrogen-bond acceptors (Lipinski definition) is 4. The Morgan fingerprint density at radius 2 is 1.96 bits per heavy atom. The number of benzene rings is 2. The lowest BCUT2D eigenvalue weighted by atomic mass is 10.1. The van der Waals surface area contributed by atoms with Crippen LogP contribution in [0.5, 0.6) is 0 Å². The Hall–Kier alpha value is -3.13. The number of aromatic carboxylic acids is 1. The van der Waals surface area contributed by atoms with Crippen molar-refractivity contribution in [3.8, 4) is 0 Å². The molecule has 1 aromatic heterocycles. The second-order valence-electron chi connectivity index (χ2n) is 5.48. The number of hydrazone groups is 1. The van der Waals surface area contributed by atoms with E-state index in [0.717, 1.165) is 16.2 Å². The zero-order valence-electron chi connectivity index (χ0n) is 14.0. The summed E-state index contributed by atoms with van der Waals surface area (Å²) >= 11 is 1.36.